The van der Waals surface area contributed by atoms with Gasteiger partial charge in [0.1, 0.15) is 0 Å². The van der Waals surface area contributed by atoms with Crippen molar-refractivity contribution in [2.75, 3.05) is 26.0 Å². The molecule has 3 N–H and O–H groups in total. The van der Waals surface area contributed by atoms with Gasteiger partial charge in [-0.15, -0.1) is 0 Å². The molecule has 1 heterocycles. The number of carbonyl (C=O) groups excluding carboxylic acids is 1. The Morgan fingerprint density at radius 1 is 1.64 bits per heavy atom. The zero-order valence-electron chi connectivity index (χ0n) is 8.08. The van der Waals surface area contributed by atoms with Crippen LogP contribution in [0.2, 0.25) is 0 Å². The summed E-state index contributed by atoms with van der Waals surface area (Å²) >= 11 is 0. The third-order valence-corrected chi connectivity index (χ3v) is 1.66. The number of anilines is 1. The quantitative estimate of drug-likeness (QED) is 0.680. The summed E-state index contributed by atoms with van der Waals surface area (Å²) in [6.45, 7) is 1.19. The standard InChI is InChI=1S/C9H14N2O3/c1-13-6-2-5-11-9(12)7-3-4-8(10)14-7/h3-4H,2,5-6,10H2,1H3,(H,11,12). The van der Waals surface area contributed by atoms with Crippen LogP contribution < -0.4 is 11.1 Å². The number of furan rings is 1. The van der Waals surface area contributed by atoms with Crippen LogP contribution >= 0.6 is 0 Å². The van der Waals surface area contributed by atoms with Gasteiger partial charge in [0.05, 0.1) is 0 Å². The summed E-state index contributed by atoms with van der Waals surface area (Å²) in [6, 6.07) is 3.09. The number of ether oxygens (including phenoxy) is 1. The van der Waals surface area contributed by atoms with Crippen molar-refractivity contribution in [3.8, 4) is 0 Å². The Kier molecular flexibility index (Phi) is 4.00. The Labute approximate surface area is 82.2 Å². The fourth-order valence-corrected chi connectivity index (χ4v) is 0.980. The van der Waals surface area contributed by atoms with Crippen LogP contribution in [0.5, 0.6) is 0 Å². The summed E-state index contributed by atoms with van der Waals surface area (Å²) in [5.74, 6) is 0.227. The molecule has 14 heavy (non-hydrogen) atoms. The molecule has 1 rings (SSSR count). The van der Waals surface area contributed by atoms with Crippen molar-refractivity contribution in [3.05, 3.63) is 17.9 Å². The summed E-state index contributed by atoms with van der Waals surface area (Å²) in [5, 5.41) is 2.68. The molecule has 0 unspecified atom stereocenters. The number of nitrogens with one attached hydrogen (secondary N) is 1. The topological polar surface area (TPSA) is 77.5 Å². The Bertz CT molecular complexity index is 296. The molecule has 78 valence electrons. The Morgan fingerprint density at radius 2 is 2.43 bits per heavy atom. The maximum atomic E-state index is 11.3. The predicted octanol–water partition coefficient (Wildman–Crippen LogP) is 0.628. The van der Waals surface area contributed by atoms with E-state index in [2.05, 4.69) is 5.32 Å². The lowest BCUT2D eigenvalue weighted by atomic mass is 10.4. The zero-order valence-corrected chi connectivity index (χ0v) is 8.08. The first-order valence-electron chi connectivity index (χ1n) is 4.36. The number of nitrogen functional groups attached to an aromatic ring is 1. The van der Waals surface area contributed by atoms with Crippen LogP contribution in [0.3, 0.4) is 0 Å². The molecule has 0 saturated carbocycles. The molecule has 0 radical (unpaired) electrons. The van der Waals surface area contributed by atoms with Gasteiger partial charge in [-0.2, -0.15) is 0 Å². The van der Waals surface area contributed by atoms with Crippen LogP contribution in [0.25, 0.3) is 0 Å². The Hall–Kier alpha value is -1.49. The fraction of sp³-hybridized carbons (Fsp3) is 0.444. The molecule has 0 bridgehead atoms. The summed E-state index contributed by atoms with van der Waals surface area (Å²) < 4.78 is 9.78. The summed E-state index contributed by atoms with van der Waals surface area (Å²) in [7, 11) is 1.62. The third kappa shape index (κ3) is 3.10. The first kappa shape index (κ1) is 10.6. The number of amides is 1. The Morgan fingerprint density at radius 3 is 3.00 bits per heavy atom. The predicted molar refractivity (Wildman–Crippen MR) is 51.9 cm³/mol. The van der Waals surface area contributed by atoms with Gasteiger partial charge in [0.2, 0.25) is 0 Å². The molecule has 5 nitrogen and oxygen atoms in total. The van der Waals surface area contributed by atoms with Crippen molar-refractivity contribution < 1.29 is 13.9 Å². The molecule has 1 aromatic heterocycles. The normalized spacial score (nSPS) is 10.1. The van der Waals surface area contributed by atoms with Gasteiger partial charge in [-0.1, -0.05) is 0 Å². The van der Waals surface area contributed by atoms with E-state index in [9.17, 15) is 4.79 Å². The van der Waals surface area contributed by atoms with Crippen LogP contribution in [0.4, 0.5) is 5.88 Å². The van der Waals surface area contributed by atoms with E-state index in [1.54, 1.807) is 19.2 Å². The van der Waals surface area contributed by atoms with Gasteiger partial charge in [0.15, 0.2) is 11.6 Å². The molecule has 0 spiro atoms. The van der Waals surface area contributed by atoms with Crippen LogP contribution in [0, 0.1) is 0 Å². The van der Waals surface area contributed by atoms with E-state index >= 15 is 0 Å². The van der Waals surface area contributed by atoms with E-state index < -0.39 is 0 Å². The molecule has 0 aliphatic heterocycles. The SMILES string of the molecule is COCCCNC(=O)c1ccc(N)o1. The highest BCUT2D eigenvalue weighted by Crippen LogP contribution is 2.08. The molecule has 0 aliphatic carbocycles. The lowest BCUT2D eigenvalue weighted by Crippen LogP contribution is -2.24. The monoisotopic (exact) mass is 198 g/mol. The maximum absolute atomic E-state index is 11.3. The first-order chi connectivity index (χ1) is 6.74. The van der Waals surface area contributed by atoms with E-state index in [4.69, 9.17) is 14.9 Å². The number of methoxy groups -OCH3 is 1. The van der Waals surface area contributed by atoms with Crippen molar-refractivity contribution in [2.24, 2.45) is 0 Å². The van der Waals surface area contributed by atoms with Crippen molar-refractivity contribution >= 4 is 11.8 Å². The number of carbonyl (C=O) groups is 1. The second-order valence-corrected chi connectivity index (χ2v) is 2.80. The molecule has 0 aliphatic rings. The highest BCUT2D eigenvalue weighted by atomic mass is 16.5. The van der Waals surface area contributed by atoms with Gasteiger partial charge in [-0.05, 0) is 12.5 Å². The van der Waals surface area contributed by atoms with E-state index in [-0.39, 0.29) is 17.6 Å². The summed E-state index contributed by atoms with van der Waals surface area (Å²) in [4.78, 5) is 11.3. The average Bonchev–Trinajstić information content (AvgIpc) is 2.59. The smallest absolute Gasteiger partial charge is 0.287 e. The molecule has 1 amide bonds. The summed E-state index contributed by atoms with van der Waals surface area (Å²) in [5.41, 5.74) is 5.33. The fourth-order valence-electron chi connectivity index (χ4n) is 0.980. The molecule has 0 atom stereocenters. The van der Waals surface area contributed by atoms with E-state index in [0.717, 1.165) is 6.42 Å². The van der Waals surface area contributed by atoms with Gasteiger partial charge in [-0.3, -0.25) is 4.79 Å². The minimum atomic E-state index is -0.252. The van der Waals surface area contributed by atoms with Gasteiger partial charge < -0.3 is 20.2 Å². The average molecular weight is 198 g/mol. The largest absolute Gasteiger partial charge is 0.436 e. The van der Waals surface area contributed by atoms with Crippen molar-refractivity contribution in [1.82, 2.24) is 5.32 Å². The van der Waals surface area contributed by atoms with Crippen molar-refractivity contribution in [3.63, 3.8) is 0 Å². The van der Waals surface area contributed by atoms with Crippen LogP contribution in [-0.4, -0.2) is 26.2 Å². The number of rotatable bonds is 5. The van der Waals surface area contributed by atoms with Crippen LogP contribution in [0.1, 0.15) is 17.0 Å². The molecule has 0 saturated heterocycles. The van der Waals surface area contributed by atoms with E-state index in [1.165, 1.54) is 0 Å². The highest BCUT2D eigenvalue weighted by molar-refractivity contribution is 5.91. The molecular weight excluding hydrogens is 184 g/mol. The summed E-state index contributed by atoms with van der Waals surface area (Å²) in [6.07, 6.45) is 0.776. The van der Waals surface area contributed by atoms with E-state index in [0.29, 0.717) is 13.2 Å². The second-order valence-electron chi connectivity index (χ2n) is 2.80. The molecule has 1 aromatic rings. The third-order valence-electron chi connectivity index (χ3n) is 1.66. The number of nitrogens with two attached hydrogens (primary N) is 1. The van der Waals surface area contributed by atoms with Crippen molar-refractivity contribution in [2.45, 2.75) is 6.42 Å². The van der Waals surface area contributed by atoms with Gasteiger partial charge in [-0.25, -0.2) is 0 Å². The lowest BCUT2D eigenvalue weighted by Gasteiger charge is -2.01. The highest BCUT2D eigenvalue weighted by Gasteiger charge is 2.08. The number of hydrogen-bond acceptors (Lipinski definition) is 4. The maximum Gasteiger partial charge on any atom is 0.287 e. The first-order valence-corrected chi connectivity index (χ1v) is 4.36. The second kappa shape index (κ2) is 5.29. The minimum Gasteiger partial charge on any atom is -0.436 e. The molecule has 0 fully saturated rings. The van der Waals surface area contributed by atoms with Crippen LogP contribution in [-0.2, 0) is 4.74 Å². The zero-order chi connectivity index (χ0) is 10.4. The van der Waals surface area contributed by atoms with Gasteiger partial charge in [0.25, 0.3) is 5.91 Å². The van der Waals surface area contributed by atoms with Crippen LogP contribution in [0.15, 0.2) is 16.5 Å². The van der Waals surface area contributed by atoms with E-state index in [1.807, 2.05) is 0 Å². The lowest BCUT2D eigenvalue weighted by molar-refractivity contribution is 0.0922. The Balaban J connectivity index is 2.29. The number of hydrogen-bond donors (Lipinski definition) is 2. The van der Waals surface area contributed by atoms with Gasteiger partial charge in [0, 0.05) is 26.3 Å². The van der Waals surface area contributed by atoms with Gasteiger partial charge >= 0.3 is 0 Å². The minimum absolute atomic E-state index is 0.236. The molecular formula is C9H14N2O3. The van der Waals surface area contributed by atoms with Crippen molar-refractivity contribution in [1.29, 1.82) is 0 Å². The molecule has 5 heteroatoms. The molecule has 0 aromatic carbocycles.